The zero-order valence-corrected chi connectivity index (χ0v) is 14.9. The zero-order chi connectivity index (χ0) is 17.5. The summed E-state index contributed by atoms with van der Waals surface area (Å²) in [7, 11) is 3.53. The first-order valence-electron chi connectivity index (χ1n) is 8.56. The first-order chi connectivity index (χ1) is 11.5. The number of nitrogens with zero attached hydrogens (tertiary/aromatic N) is 3. The second-order valence-electron chi connectivity index (χ2n) is 6.38. The van der Waals surface area contributed by atoms with Crippen molar-refractivity contribution in [3.63, 3.8) is 0 Å². The van der Waals surface area contributed by atoms with E-state index in [0.717, 1.165) is 25.2 Å². The number of likely N-dealkylation sites (tertiary alicyclic amines) is 1. The molecule has 0 aromatic heterocycles. The van der Waals surface area contributed by atoms with E-state index >= 15 is 0 Å². The number of nitrogens with one attached hydrogen (secondary N) is 1. The molecule has 1 fully saturated rings. The minimum absolute atomic E-state index is 0.0440. The molecule has 3 amide bonds. The van der Waals surface area contributed by atoms with Gasteiger partial charge in [-0.3, -0.25) is 4.79 Å². The number of anilines is 2. The van der Waals surface area contributed by atoms with E-state index in [0.29, 0.717) is 5.69 Å². The number of urea groups is 1. The van der Waals surface area contributed by atoms with Gasteiger partial charge in [-0.15, -0.1) is 0 Å². The van der Waals surface area contributed by atoms with E-state index in [1.807, 2.05) is 25.2 Å². The van der Waals surface area contributed by atoms with E-state index < -0.39 is 0 Å². The number of benzene rings is 1. The number of amides is 3. The number of hydrogen-bond acceptors (Lipinski definition) is 3. The average Bonchev–Trinajstić information content (AvgIpc) is 3.07. The van der Waals surface area contributed by atoms with Crippen LogP contribution in [-0.2, 0) is 4.79 Å². The third-order valence-corrected chi connectivity index (χ3v) is 4.47. The quantitative estimate of drug-likeness (QED) is 0.871. The Bertz CT molecular complexity index is 570. The molecule has 1 aliphatic rings. The maximum atomic E-state index is 12.3. The van der Waals surface area contributed by atoms with Crippen LogP contribution in [0.2, 0.25) is 0 Å². The predicted octanol–water partition coefficient (Wildman–Crippen LogP) is 2.62. The van der Waals surface area contributed by atoms with Crippen molar-refractivity contribution in [2.24, 2.45) is 0 Å². The maximum absolute atomic E-state index is 12.3. The molecule has 1 N–H and O–H groups in total. The molecule has 0 aliphatic carbocycles. The standard InChI is InChI=1S/C18H28N4O2/c1-15(23)21(3)17-9-6-8-16(14-17)19-18(24)20(2)10-7-13-22-11-4-5-12-22/h6,8-9,14H,4-5,7,10-13H2,1-3H3,(H,19,24). The minimum atomic E-state index is -0.126. The molecule has 0 saturated carbocycles. The molecule has 6 nitrogen and oxygen atoms in total. The van der Waals surface area contributed by atoms with E-state index in [1.165, 1.54) is 32.9 Å². The van der Waals surface area contributed by atoms with Gasteiger partial charge < -0.3 is 20.0 Å². The number of carbonyl (C=O) groups excluding carboxylic acids is 2. The van der Waals surface area contributed by atoms with Crippen LogP contribution in [0.15, 0.2) is 24.3 Å². The van der Waals surface area contributed by atoms with Gasteiger partial charge in [0.1, 0.15) is 0 Å². The van der Waals surface area contributed by atoms with Crippen molar-refractivity contribution in [2.45, 2.75) is 26.2 Å². The molecule has 6 heteroatoms. The Morgan fingerprint density at radius 2 is 1.92 bits per heavy atom. The molecule has 132 valence electrons. The van der Waals surface area contributed by atoms with Gasteiger partial charge in [-0.1, -0.05) is 6.07 Å². The van der Waals surface area contributed by atoms with E-state index in [2.05, 4.69) is 10.2 Å². The van der Waals surface area contributed by atoms with Crippen LogP contribution in [0, 0.1) is 0 Å². The van der Waals surface area contributed by atoms with Gasteiger partial charge in [-0.2, -0.15) is 0 Å². The van der Waals surface area contributed by atoms with Crippen LogP contribution >= 0.6 is 0 Å². The van der Waals surface area contributed by atoms with Gasteiger partial charge in [0.25, 0.3) is 0 Å². The third-order valence-electron chi connectivity index (χ3n) is 4.47. The normalized spacial score (nSPS) is 14.5. The Labute approximate surface area is 144 Å². The van der Waals surface area contributed by atoms with Gasteiger partial charge >= 0.3 is 6.03 Å². The Kier molecular flexibility index (Phi) is 6.61. The van der Waals surface area contributed by atoms with Crippen molar-refractivity contribution >= 4 is 23.3 Å². The highest BCUT2D eigenvalue weighted by molar-refractivity contribution is 5.93. The summed E-state index contributed by atoms with van der Waals surface area (Å²) in [6, 6.07) is 7.18. The summed E-state index contributed by atoms with van der Waals surface area (Å²) >= 11 is 0. The molecule has 1 aliphatic heterocycles. The lowest BCUT2D eigenvalue weighted by Gasteiger charge is -2.21. The van der Waals surface area contributed by atoms with Gasteiger partial charge in [0.2, 0.25) is 5.91 Å². The van der Waals surface area contributed by atoms with Crippen molar-refractivity contribution in [2.75, 3.05) is 50.5 Å². The van der Waals surface area contributed by atoms with Crippen LogP contribution in [0.3, 0.4) is 0 Å². The van der Waals surface area contributed by atoms with Crippen molar-refractivity contribution in [1.82, 2.24) is 9.80 Å². The molecular weight excluding hydrogens is 304 g/mol. The van der Waals surface area contributed by atoms with E-state index in [1.54, 1.807) is 22.9 Å². The molecule has 0 bridgehead atoms. The topological polar surface area (TPSA) is 55.9 Å². The summed E-state index contributed by atoms with van der Waals surface area (Å²) < 4.78 is 0. The van der Waals surface area contributed by atoms with Crippen LogP contribution in [0.25, 0.3) is 0 Å². The Balaban J connectivity index is 1.82. The molecule has 1 aromatic carbocycles. The average molecular weight is 332 g/mol. The Morgan fingerprint density at radius 1 is 1.21 bits per heavy atom. The van der Waals surface area contributed by atoms with Crippen LogP contribution in [0.4, 0.5) is 16.2 Å². The maximum Gasteiger partial charge on any atom is 0.321 e. The molecule has 2 rings (SSSR count). The summed E-state index contributed by atoms with van der Waals surface area (Å²) in [5, 5.41) is 2.89. The van der Waals surface area contributed by atoms with Crippen LogP contribution in [0.1, 0.15) is 26.2 Å². The Morgan fingerprint density at radius 3 is 2.58 bits per heavy atom. The van der Waals surface area contributed by atoms with Gasteiger partial charge in [-0.05, 0) is 57.1 Å². The second kappa shape index (κ2) is 8.68. The molecule has 0 spiro atoms. The highest BCUT2D eigenvalue weighted by Gasteiger charge is 2.13. The fourth-order valence-electron chi connectivity index (χ4n) is 2.83. The molecular formula is C18H28N4O2. The number of hydrogen-bond donors (Lipinski definition) is 1. The lowest BCUT2D eigenvalue weighted by atomic mass is 10.2. The van der Waals surface area contributed by atoms with Gasteiger partial charge in [0.05, 0.1) is 0 Å². The van der Waals surface area contributed by atoms with E-state index in [-0.39, 0.29) is 11.9 Å². The summed E-state index contributed by atoms with van der Waals surface area (Å²) in [6.45, 7) is 5.67. The highest BCUT2D eigenvalue weighted by Crippen LogP contribution is 2.19. The van der Waals surface area contributed by atoms with Crippen molar-refractivity contribution < 1.29 is 9.59 Å². The van der Waals surface area contributed by atoms with Gasteiger partial charge in [0, 0.05) is 38.9 Å². The monoisotopic (exact) mass is 332 g/mol. The lowest BCUT2D eigenvalue weighted by Crippen LogP contribution is -2.34. The van der Waals surface area contributed by atoms with Crippen LogP contribution in [0.5, 0.6) is 0 Å². The van der Waals surface area contributed by atoms with E-state index in [9.17, 15) is 9.59 Å². The molecule has 24 heavy (non-hydrogen) atoms. The lowest BCUT2D eigenvalue weighted by molar-refractivity contribution is -0.116. The van der Waals surface area contributed by atoms with Crippen molar-refractivity contribution in [3.8, 4) is 0 Å². The zero-order valence-electron chi connectivity index (χ0n) is 14.9. The van der Waals surface area contributed by atoms with Gasteiger partial charge in [-0.25, -0.2) is 4.79 Å². The van der Waals surface area contributed by atoms with Crippen LogP contribution < -0.4 is 10.2 Å². The van der Waals surface area contributed by atoms with Crippen molar-refractivity contribution in [3.05, 3.63) is 24.3 Å². The van der Waals surface area contributed by atoms with Crippen molar-refractivity contribution in [1.29, 1.82) is 0 Å². The molecule has 0 atom stereocenters. The smallest absolute Gasteiger partial charge is 0.321 e. The summed E-state index contributed by atoms with van der Waals surface area (Å²) in [4.78, 5) is 29.4. The first-order valence-corrected chi connectivity index (χ1v) is 8.56. The minimum Gasteiger partial charge on any atom is -0.328 e. The van der Waals surface area contributed by atoms with Crippen LogP contribution in [-0.4, -0.2) is 62.0 Å². The highest BCUT2D eigenvalue weighted by atomic mass is 16.2. The number of rotatable bonds is 6. The molecule has 1 heterocycles. The SMILES string of the molecule is CC(=O)N(C)c1cccc(NC(=O)N(C)CCCN2CCCC2)c1. The Hall–Kier alpha value is -2.08. The predicted molar refractivity (Wildman–Crippen MR) is 97.5 cm³/mol. The first kappa shape index (κ1) is 18.3. The molecule has 1 aromatic rings. The molecule has 0 unspecified atom stereocenters. The largest absolute Gasteiger partial charge is 0.328 e. The van der Waals surface area contributed by atoms with E-state index in [4.69, 9.17) is 0 Å². The number of carbonyl (C=O) groups is 2. The second-order valence-corrected chi connectivity index (χ2v) is 6.38. The molecule has 0 radical (unpaired) electrons. The fraction of sp³-hybridized carbons (Fsp3) is 0.556. The summed E-state index contributed by atoms with van der Waals surface area (Å²) in [5.74, 6) is -0.0440. The third kappa shape index (κ3) is 5.23. The summed E-state index contributed by atoms with van der Waals surface area (Å²) in [6.07, 6.45) is 3.57. The molecule has 1 saturated heterocycles. The van der Waals surface area contributed by atoms with Gasteiger partial charge in [0.15, 0.2) is 0 Å². The summed E-state index contributed by atoms with van der Waals surface area (Å²) in [5.41, 5.74) is 1.45. The fourth-order valence-corrected chi connectivity index (χ4v) is 2.83.